The average Bonchev–Trinajstić information content (AvgIpc) is 2.97. The van der Waals surface area contributed by atoms with Gasteiger partial charge in [0.1, 0.15) is 0 Å². The second kappa shape index (κ2) is 7.78. The zero-order valence-electron chi connectivity index (χ0n) is 18.3. The van der Waals surface area contributed by atoms with Crippen LogP contribution in [-0.2, 0) is 16.1 Å². The normalized spacial score (nSPS) is 39.3. The van der Waals surface area contributed by atoms with Crippen LogP contribution in [0, 0.1) is 47.8 Å². The molecule has 0 aromatic carbocycles. The number of nitrogens with zero attached hydrogens (tertiary/aromatic N) is 1. The molecule has 3 unspecified atom stereocenters. The molecule has 1 amide bonds. The third-order valence-corrected chi connectivity index (χ3v) is 8.82. The van der Waals surface area contributed by atoms with Gasteiger partial charge in [0, 0.05) is 12.0 Å². The largest absolute Gasteiger partial charge is 0.481 e. The highest BCUT2D eigenvalue weighted by Crippen LogP contribution is 2.78. The number of amides is 1. The van der Waals surface area contributed by atoms with Crippen LogP contribution in [0.3, 0.4) is 0 Å². The minimum atomic E-state index is -2.68. The molecule has 7 atom stereocenters. The van der Waals surface area contributed by atoms with E-state index in [0.29, 0.717) is 31.6 Å². The van der Waals surface area contributed by atoms with Crippen LogP contribution in [-0.4, -0.2) is 41.2 Å². The van der Waals surface area contributed by atoms with E-state index in [2.05, 4.69) is 15.8 Å². The summed E-state index contributed by atoms with van der Waals surface area (Å²) in [5.74, 6) is -4.95. The van der Waals surface area contributed by atoms with Crippen molar-refractivity contribution in [2.45, 2.75) is 57.9 Å². The zero-order chi connectivity index (χ0) is 22.7. The molecule has 1 aromatic heterocycles. The molecular formula is C23H31F2N3O4. The Morgan fingerprint density at radius 3 is 2.59 bits per heavy atom. The van der Waals surface area contributed by atoms with Gasteiger partial charge in [0.15, 0.2) is 5.76 Å². The molecule has 32 heavy (non-hydrogen) atoms. The Morgan fingerprint density at radius 1 is 1.22 bits per heavy atom. The highest BCUT2D eigenvalue weighted by molar-refractivity contribution is 5.86. The number of aromatic nitrogens is 1. The highest BCUT2D eigenvalue weighted by atomic mass is 19.3. The maximum absolute atomic E-state index is 14.2. The molecule has 0 radical (unpaired) electrons. The predicted molar refractivity (Wildman–Crippen MR) is 110 cm³/mol. The topological polar surface area (TPSA) is 104 Å². The van der Waals surface area contributed by atoms with Gasteiger partial charge in [0.25, 0.3) is 5.92 Å². The first-order valence-corrected chi connectivity index (χ1v) is 11.8. The number of rotatable bonds is 7. The Labute approximate surface area is 185 Å². The maximum atomic E-state index is 14.2. The third-order valence-electron chi connectivity index (χ3n) is 8.82. The van der Waals surface area contributed by atoms with Crippen molar-refractivity contribution in [3.8, 4) is 0 Å². The number of hydrogen-bond donors (Lipinski definition) is 3. The number of carbonyl (C=O) groups excluding carboxylic acids is 1. The summed E-state index contributed by atoms with van der Waals surface area (Å²) in [6.07, 6.45) is 4.17. The minimum absolute atomic E-state index is 0.0172. The second-order valence-electron chi connectivity index (χ2n) is 10.3. The van der Waals surface area contributed by atoms with Crippen molar-refractivity contribution in [2.24, 2.45) is 40.9 Å². The molecule has 3 N–H and O–H groups in total. The summed E-state index contributed by atoms with van der Waals surface area (Å²) in [4.78, 5) is 25.3. The number of hydrogen-bond acceptors (Lipinski definition) is 5. The van der Waals surface area contributed by atoms with E-state index in [1.54, 1.807) is 13.0 Å². The van der Waals surface area contributed by atoms with Crippen LogP contribution < -0.4 is 10.6 Å². The van der Waals surface area contributed by atoms with Crippen molar-refractivity contribution in [1.82, 2.24) is 15.8 Å². The van der Waals surface area contributed by atoms with Crippen LogP contribution in [0.4, 0.5) is 8.78 Å². The van der Waals surface area contributed by atoms with Crippen molar-refractivity contribution in [2.75, 3.05) is 13.1 Å². The minimum Gasteiger partial charge on any atom is -0.481 e. The summed E-state index contributed by atoms with van der Waals surface area (Å²) in [5, 5.41) is 19.4. The van der Waals surface area contributed by atoms with Crippen molar-refractivity contribution in [3.63, 3.8) is 0 Å². The van der Waals surface area contributed by atoms with Crippen LogP contribution >= 0.6 is 0 Å². The molecule has 4 aliphatic rings. The van der Waals surface area contributed by atoms with Gasteiger partial charge in [0.2, 0.25) is 5.91 Å². The number of aliphatic carboxylic acids is 1. The lowest BCUT2D eigenvalue weighted by Gasteiger charge is -2.32. The lowest BCUT2D eigenvalue weighted by atomic mass is 9.78. The number of carboxylic acids is 1. The smallest absolute Gasteiger partial charge is 0.307 e. The zero-order valence-corrected chi connectivity index (χ0v) is 18.3. The molecule has 1 saturated heterocycles. The number of aryl methyl sites for hydroxylation is 1. The molecule has 2 bridgehead atoms. The van der Waals surface area contributed by atoms with Crippen LogP contribution in [0.1, 0.15) is 50.0 Å². The summed E-state index contributed by atoms with van der Waals surface area (Å²) in [6, 6.07) is 1.74. The fourth-order valence-electron chi connectivity index (χ4n) is 7.45. The molecule has 4 fully saturated rings. The molecule has 1 spiro atoms. The fourth-order valence-corrected chi connectivity index (χ4v) is 7.45. The van der Waals surface area contributed by atoms with Gasteiger partial charge in [-0.05, 0) is 75.2 Å². The Bertz CT molecular complexity index is 906. The van der Waals surface area contributed by atoms with Crippen LogP contribution in [0.25, 0.3) is 0 Å². The summed E-state index contributed by atoms with van der Waals surface area (Å²) in [6.45, 7) is 2.34. The first kappa shape index (κ1) is 21.8. The van der Waals surface area contributed by atoms with Gasteiger partial charge in [-0.3, -0.25) is 9.59 Å². The number of halogens is 2. The van der Waals surface area contributed by atoms with Gasteiger partial charge in [-0.2, -0.15) is 0 Å². The molecule has 3 aliphatic carbocycles. The van der Waals surface area contributed by atoms with Crippen LogP contribution in [0.15, 0.2) is 10.6 Å². The van der Waals surface area contributed by atoms with E-state index < -0.39 is 29.6 Å². The Balaban J connectivity index is 1.27. The summed E-state index contributed by atoms with van der Waals surface area (Å²) in [7, 11) is 0. The average molecular weight is 452 g/mol. The third kappa shape index (κ3) is 3.43. The van der Waals surface area contributed by atoms with Gasteiger partial charge in [-0.15, -0.1) is 0 Å². The number of carbonyl (C=O) groups is 2. The molecule has 2 heterocycles. The Morgan fingerprint density at radius 2 is 1.94 bits per heavy atom. The van der Waals surface area contributed by atoms with Crippen LogP contribution in [0.2, 0.25) is 0 Å². The Kier molecular flexibility index (Phi) is 5.30. The van der Waals surface area contributed by atoms with E-state index in [-0.39, 0.29) is 42.2 Å². The first-order valence-electron chi connectivity index (χ1n) is 11.8. The van der Waals surface area contributed by atoms with Gasteiger partial charge in [0.05, 0.1) is 30.6 Å². The molecule has 1 aromatic rings. The maximum Gasteiger partial charge on any atom is 0.307 e. The van der Waals surface area contributed by atoms with E-state index in [4.69, 9.17) is 4.52 Å². The second-order valence-corrected chi connectivity index (χ2v) is 10.3. The van der Waals surface area contributed by atoms with E-state index in [9.17, 15) is 23.5 Å². The van der Waals surface area contributed by atoms with Crippen molar-refractivity contribution in [1.29, 1.82) is 0 Å². The molecule has 3 saturated carbocycles. The van der Waals surface area contributed by atoms with E-state index in [1.807, 2.05) is 0 Å². The fraction of sp³-hybridized carbons (Fsp3) is 0.783. The van der Waals surface area contributed by atoms with E-state index in [1.165, 1.54) is 0 Å². The number of piperidine rings is 1. The van der Waals surface area contributed by atoms with E-state index >= 15 is 0 Å². The van der Waals surface area contributed by atoms with Gasteiger partial charge in [-0.25, -0.2) is 8.78 Å². The van der Waals surface area contributed by atoms with Crippen molar-refractivity contribution in [3.05, 3.63) is 17.5 Å². The molecule has 176 valence electrons. The SMILES string of the molecule is Cc1cc(CNC(=O)[C@H]2[C@H](C(=O)O)[C@H]3CC[C@@H]2C32CC2CCC2CCNCC2(F)F)on1. The lowest BCUT2D eigenvalue weighted by Crippen LogP contribution is -2.46. The number of nitrogens with one attached hydrogen (secondary N) is 2. The molecular weight excluding hydrogens is 420 g/mol. The standard InChI is InChI=1S/C23H31F2N3O4/c1-12-8-15(32-28-12)10-27-20(29)18-16-4-5-17(19(18)21(30)31)22(16)9-14(22)3-2-13-6-7-26-11-23(13,24)25/h8,13-14,16-19,26H,2-7,9-11H2,1H3,(H,27,29)(H,30,31)/t13?,14?,16-,17+,18+,19+,22?/m0/s1. The van der Waals surface area contributed by atoms with Gasteiger partial charge in [-0.1, -0.05) is 5.16 Å². The first-order chi connectivity index (χ1) is 15.2. The summed E-state index contributed by atoms with van der Waals surface area (Å²) < 4.78 is 33.6. The van der Waals surface area contributed by atoms with Crippen LogP contribution in [0.5, 0.6) is 0 Å². The quantitative estimate of drug-likeness (QED) is 0.589. The van der Waals surface area contributed by atoms with Gasteiger partial charge >= 0.3 is 5.97 Å². The number of alkyl halides is 2. The van der Waals surface area contributed by atoms with Gasteiger partial charge < -0.3 is 20.3 Å². The molecule has 9 heteroatoms. The number of carboxylic acid groups (broad SMARTS) is 1. The van der Waals surface area contributed by atoms with E-state index in [0.717, 1.165) is 25.0 Å². The Hall–Kier alpha value is -2.03. The highest BCUT2D eigenvalue weighted by Gasteiger charge is 2.75. The monoisotopic (exact) mass is 451 g/mol. The molecule has 1 aliphatic heterocycles. The van der Waals surface area contributed by atoms with Crippen molar-refractivity contribution >= 4 is 11.9 Å². The van der Waals surface area contributed by atoms with Crippen molar-refractivity contribution < 1.29 is 28.0 Å². The summed E-state index contributed by atoms with van der Waals surface area (Å²) >= 11 is 0. The lowest BCUT2D eigenvalue weighted by molar-refractivity contribution is -0.149. The molecule has 7 nitrogen and oxygen atoms in total. The molecule has 5 rings (SSSR count). The predicted octanol–water partition coefficient (Wildman–Crippen LogP) is 2.99. The summed E-state index contributed by atoms with van der Waals surface area (Å²) in [5.41, 5.74) is 0.562.